The molecule has 0 aromatic heterocycles. The Morgan fingerprint density at radius 3 is 0.793 bits per heavy atom. The number of halogens is 10. The van der Waals surface area contributed by atoms with Crippen molar-refractivity contribution in [1.82, 2.24) is 0 Å². The van der Waals surface area contributed by atoms with Crippen molar-refractivity contribution in [2.45, 2.75) is 6.92 Å². The van der Waals surface area contributed by atoms with E-state index in [0.29, 0.717) is 0 Å². The van der Waals surface area contributed by atoms with Crippen LogP contribution in [0.4, 0.5) is 0 Å². The summed E-state index contributed by atoms with van der Waals surface area (Å²) in [7, 11) is 0. The number of aliphatic carboxylic acids is 1. The third kappa shape index (κ3) is 9.05. The third-order valence-electron chi connectivity index (χ3n) is 2.37. The maximum absolute atomic E-state index is 9.20. The molecule has 0 spiro atoms. The van der Waals surface area contributed by atoms with Crippen LogP contribution in [-0.4, -0.2) is 21.3 Å². The van der Waals surface area contributed by atoms with Gasteiger partial charge in [-0.05, 0) is 0 Å². The Hall–Kier alpha value is 1.41. The quantitative estimate of drug-likeness (QED) is 0.179. The maximum Gasteiger partial charge on any atom is 1.00 e. The van der Waals surface area contributed by atoms with Crippen LogP contribution in [0.25, 0.3) is 0 Å². The van der Waals surface area contributed by atoms with Gasteiger partial charge in [-0.15, -0.1) is 0 Å². The largest absolute Gasteiger partial charge is 1.00 e. The van der Waals surface area contributed by atoms with Crippen LogP contribution in [0.5, 0.6) is 11.5 Å². The number of rotatable bonds is 0. The minimum Gasteiger partial charge on any atom is -1.00 e. The van der Waals surface area contributed by atoms with Gasteiger partial charge in [0.25, 0.3) is 5.97 Å². The Morgan fingerprint density at radius 1 is 0.552 bits per heavy atom. The molecular formula is C14H7Cl10NaO4. The number of carboxylic acids is 1. The molecule has 0 atom stereocenters. The second-order valence-electron chi connectivity index (χ2n) is 4.36. The number of hydrogen-bond donors (Lipinski definition) is 3. The van der Waals surface area contributed by atoms with Crippen LogP contribution >= 0.6 is 116 Å². The van der Waals surface area contributed by atoms with Crippen LogP contribution in [0.3, 0.4) is 0 Å². The van der Waals surface area contributed by atoms with Crippen molar-refractivity contribution in [1.29, 1.82) is 0 Å². The van der Waals surface area contributed by atoms with Crippen molar-refractivity contribution in [3.05, 3.63) is 50.2 Å². The standard InChI is InChI=1S/2C6HCl5O.C2H4O2.Na.H/c2*7-1-2(8)4(10)6(12)5(11)3(1)9;1-2(3)4;;/h2*12H;1H3,(H,3,4);;/q;;;+1;-1. The van der Waals surface area contributed by atoms with Gasteiger partial charge in [0.2, 0.25) is 0 Å². The zero-order chi connectivity index (χ0) is 22.5. The van der Waals surface area contributed by atoms with Gasteiger partial charge in [0.05, 0.1) is 30.1 Å². The SMILES string of the molecule is CC(=O)O.Oc1c(Cl)c(Cl)c(Cl)c(Cl)c1Cl.Oc1c(Cl)c(Cl)c(Cl)c(Cl)c1Cl.[H-].[Na+]. The van der Waals surface area contributed by atoms with Crippen LogP contribution in [0.2, 0.25) is 50.2 Å². The van der Waals surface area contributed by atoms with Crippen molar-refractivity contribution >= 4 is 122 Å². The summed E-state index contributed by atoms with van der Waals surface area (Å²) in [6, 6.07) is 0. The number of hydrogen-bond acceptors (Lipinski definition) is 3. The minimum absolute atomic E-state index is 0. The molecule has 0 radical (unpaired) electrons. The average Bonchev–Trinajstić information content (AvgIpc) is 2.64. The number of carboxylic acid groups (broad SMARTS) is 1. The molecule has 0 bridgehead atoms. The van der Waals surface area contributed by atoms with Gasteiger partial charge in [-0.1, -0.05) is 116 Å². The van der Waals surface area contributed by atoms with Crippen LogP contribution in [0.1, 0.15) is 8.35 Å². The molecule has 158 valence electrons. The number of phenolic OH excluding ortho intramolecular Hbond substituents is 2. The molecule has 2 aromatic rings. The Kier molecular flexibility index (Phi) is 16.3. The topological polar surface area (TPSA) is 77.8 Å². The molecule has 3 N–H and O–H groups in total. The predicted molar refractivity (Wildman–Crippen MR) is 121 cm³/mol. The molecule has 0 amide bonds. The summed E-state index contributed by atoms with van der Waals surface area (Å²) < 4.78 is 0. The number of phenols is 2. The molecule has 29 heavy (non-hydrogen) atoms. The Morgan fingerprint density at radius 2 is 0.655 bits per heavy atom. The normalized spacial score (nSPS) is 9.48. The molecule has 0 saturated carbocycles. The van der Waals surface area contributed by atoms with E-state index in [1.165, 1.54) is 0 Å². The maximum atomic E-state index is 9.20. The Labute approximate surface area is 239 Å². The summed E-state index contributed by atoms with van der Waals surface area (Å²) in [4.78, 5) is 9.00. The van der Waals surface area contributed by atoms with E-state index in [9.17, 15) is 10.2 Å². The van der Waals surface area contributed by atoms with Gasteiger partial charge in [0.15, 0.2) is 11.5 Å². The molecule has 0 fully saturated rings. The van der Waals surface area contributed by atoms with Crippen molar-refractivity contribution in [3.8, 4) is 11.5 Å². The smallest absolute Gasteiger partial charge is 1.00 e. The molecule has 0 aliphatic rings. The summed E-state index contributed by atoms with van der Waals surface area (Å²) in [5.74, 6) is -1.56. The van der Waals surface area contributed by atoms with E-state index in [-0.39, 0.29) is 92.7 Å². The zero-order valence-electron chi connectivity index (χ0n) is 15.0. The molecule has 0 aliphatic heterocycles. The van der Waals surface area contributed by atoms with Gasteiger partial charge in [-0.2, -0.15) is 0 Å². The van der Waals surface area contributed by atoms with E-state index < -0.39 is 5.97 Å². The first kappa shape index (κ1) is 32.6. The van der Waals surface area contributed by atoms with Gasteiger partial charge >= 0.3 is 29.6 Å². The second-order valence-corrected chi connectivity index (χ2v) is 8.14. The minimum atomic E-state index is -0.833. The van der Waals surface area contributed by atoms with Gasteiger partial charge < -0.3 is 16.7 Å². The molecular weight excluding hydrogens is 610 g/mol. The number of aromatic hydroxyl groups is 2. The van der Waals surface area contributed by atoms with E-state index in [1.807, 2.05) is 0 Å². The van der Waals surface area contributed by atoms with Crippen LogP contribution in [0.15, 0.2) is 0 Å². The van der Waals surface area contributed by atoms with Crippen molar-refractivity contribution in [2.24, 2.45) is 0 Å². The van der Waals surface area contributed by atoms with Crippen LogP contribution < -0.4 is 29.6 Å². The van der Waals surface area contributed by atoms with Crippen LogP contribution in [0, 0.1) is 0 Å². The molecule has 15 heteroatoms. The van der Waals surface area contributed by atoms with E-state index >= 15 is 0 Å². The second kappa shape index (κ2) is 14.5. The summed E-state index contributed by atoms with van der Waals surface area (Å²) in [5.41, 5.74) is 0. The number of carbonyl (C=O) groups is 1. The van der Waals surface area contributed by atoms with Gasteiger partial charge in [0, 0.05) is 6.92 Å². The molecule has 0 heterocycles. The first-order valence-corrected chi connectivity index (χ1v) is 10.0. The number of benzene rings is 2. The molecule has 0 aliphatic carbocycles. The fraction of sp³-hybridized carbons (Fsp3) is 0.0714. The molecule has 2 aromatic carbocycles. The van der Waals surface area contributed by atoms with E-state index in [0.717, 1.165) is 6.92 Å². The van der Waals surface area contributed by atoms with E-state index in [2.05, 4.69) is 0 Å². The van der Waals surface area contributed by atoms with Crippen molar-refractivity contribution in [3.63, 3.8) is 0 Å². The first-order valence-electron chi connectivity index (χ1n) is 6.26. The fourth-order valence-corrected chi connectivity index (χ4v) is 3.44. The van der Waals surface area contributed by atoms with Gasteiger partial charge in [-0.25, -0.2) is 0 Å². The Balaban J connectivity index is -0.000000391. The van der Waals surface area contributed by atoms with Crippen molar-refractivity contribution < 1.29 is 51.1 Å². The van der Waals surface area contributed by atoms with Gasteiger partial charge in [0.1, 0.15) is 20.1 Å². The summed E-state index contributed by atoms with van der Waals surface area (Å²) in [5, 5.41) is 25.4. The molecule has 0 saturated heterocycles. The third-order valence-corrected chi connectivity index (χ3v) is 6.89. The monoisotopic (exact) mass is 612 g/mol. The average molecular weight is 617 g/mol. The van der Waals surface area contributed by atoms with E-state index in [1.54, 1.807) is 0 Å². The summed E-state index contributed by atoms with van der Waals surface area (Å²) >= 11 is 55.8. The molecule has 2 rings (SSSR count). The zero-order valence-corrected chi connectivity index (χ0v) is 23.6. The first-order chi connectivity index (χ1) is 12.7. The fourth-order valence-electron chi connectivity index (χ4n) is 1.19. The summed E-state index contributed by atoms with van der Waals surface area (Å²) in [6.07, 6.45) is 0. The Bertz CT molecular complexity index is 632. The van der Waals surface area contributed by atoms with Gasteiger partial charge in [-0.3, -0.25) is 4.79 Å². The predicted octanol–water partition coefficient (Wildman–Crippen LogP) is 6.53. The van der Waals surface area contributed by atoms with Crippen LogP contribution in [-0.2, 0) is 4.79 Å². The molecule has 0 unspecified atom stereocenters. The van der Waals surface area contributed by atoms with E-state index in [4.69, 9.17) is 126 Å². The molecule has 4 nitrogen and oxygen atoms in total. The summed E-state index contributed by atoms with van der Waals surface area (Å²) in [6.45, 7) is 1.08. The van der Waals surface area contributed by atoms with Crippen molar-refractivity contribution in [2.75, 3.05) is 0 Å².